The van der Waals surface area contributed by atoms with Crippen LogP contribution in [0.5, 0.6) is 0 Å². The molecule has 0 aromatic rings. The van der Waals surface area contributed by atoms with E-state index in [4.69, 9.17) is 15.9 Å². The lowest BCUT2D eigenvalue weighted by atomic mass is 10.0. The maximum Gasteiger partial charge on any atom is 0.325 e. The minimum Gasteiger partial charge on any atom is -0.481 e. The molecule has 8 N–H and O–H groups in total. The van der Waals surface area contributed by atoms with Gasteiger partial charge in [-0.3, -0.25) is 24.0 Å². The minimum atomic E-state index is -1.52. The Labute approximate surface area is 174 Å². The summed E-state index contributed by atoms with van der Waals surface area (Å²) in [7, 11) is 0. The Morgan fingerprint density at radius 1 is 0.867 bits per heavy atom. The number of aliphatic carboxylic acids is 2. The fourth-order valence-electron chi connectivity index (χ4n) is 2.45. The van der Waals surface area contributed by atoms with Gasteiger partial charge in [0.25, 0.3) is 0 Å². The van der Waals surface area contributed by atoms with Crippen LogP contribution < -0.4 is 21.7 Å². The van der Waals surface area contributed by atoms with Crippen LogP contribution >= 0.6 is 0 Å². The van der Waals surface area contributed by atoms with E-state index in [-0.39, 0.29) is 12.3 Å². The van der Waals surface area contributed by atoms with Crippen LogP contribution in [-0.4, -0.2) is 75.3 Å². The van der Waals surface area contributed by atoms with E-state index in [0.717, 1.165) is 0 Å². The van der Waals surface area contributed by atoms with Gasteiger partial charge in [-0.1, -0.05) is 13.8 Å². The number of hydrogen-bond donors (Lipinski definition) is 7. The molecular weight excluding hydrogens is 400 g/mol. The van der Waals surface area contributed by atoms with Crippen LogP contribution in [0.15, 0.2) is 0 Å². The molecule has 0 radical (unpaired) electrons. The van der Waals surface area contributed by atoms with Crippen molar-refractivity contribution in [3.8, 4) is 0 Å². The summed E-state index contributed by atoms with van der Waals surface area (Å²) >= 11 is 0. The van der Waals surface area contributed by atoms with Crippen molar-refractivity contribution in [2.45, 2.75) is 77.2 Å². The molecule has 0 saturated heterocycles. The van der Waals surface area contributed by atoms with Crippen LogP contribution in [0, 0.1) is 5.92 Å². The molecule has 0 aliphatic heterocycles. The standard InChI is InChI=1S/C18H32N4O8/c1-8(2)7-11(19)15(26)21-12(5-6-13(24)25)16(27)22-14(10(4)23)17(28)20-9(3)18(29)30/h8-12,14,23H,5-7,19H2,1-4H3,(H,20,28)(H,21,26)(H,22,27)(H,24,25)(H,29,30). The van der Waals surface area contributed by atoms with Crippen molar-refractivity contribution in [2.24, 2.45) is 11.7 Å². The molecule has 0 aromatic carbocycles. The molecule has 3 amide bonds. The number of carbonyl (C=O) groups excluding carboxylic acids is 3. The lowest BCUT2D eigenvalue weighted by molar-refractivity contribution is -0.142. The minimum absolute atomic E-state index is 0.108. The summed E-state index contributed by atoms with van der Waals surface area (Å²) in [5, 5.41) is 34.3. The Morgan fingerprint density at radius 3 is 1.87 bits per heavy atom. The first kappa shape index (κ1) is 27.3. The molecular formula is C18H32N4O8. The number of aliphatic hydroxyl groups excluding tert-OH is 1. The van der Waals surface area contributed by atoms with Gasteiger partial charge in [0.1, 0.15) is 18.1 Å². The first-order valence-electron chi connectivity index (χ1n) is 9.55. The maximum atomic E-state index is 12.6. The Hall–Kier alpha value is -2.73. The van der Waals surface area contributed by atoms with E-state index in [1.54, 1.807) is 0 Å². The van der Waals surface area contributed by atoms with Crippen LogP contribution in [0.3, 0.4) is 0 Å². The number of nitrogens with two attached hydrogens (primary N) is 1. The molecule has 0 fully saturated rings. The Kier molecular flexibility index (Phi) is 11.6. The van der Waals surface area contributed by atoms with Gasteiger partial charge in [0, 0.05) is 6.42 Å². The third-order valence-corrected chi connectivity index (χ3v) is 4.13. The van der Waals surface area contributed by atoms with Crippen LogP contribution in [0.2, 0.25) is 0 Å². The zero-order chi connectivity index (χ0) is 23.6. The van der Waals surface area contributed by atoms with Gasteiger partial charge in [-0.15, -0.1) is 0 Å². The highest BCUT2D eigenvalue weighted by Crippen LogP contribution is 2.06. The summed E-state index contributed by atoms with van der Waals surface area (Å²) in [6.45, 7) is 6.12. The second kappa shape index (κ2) is 12.8. The molecule has 0 aromatic heterocycles. The number of rotatable bonds is 13. The third-order valence-electron chi connectivity index (χ3n) is 4.13. The average molecular weight is 432 g/mol. The number of aliphatic hydroxyl groups is 1. The predicted octanol–water partition coefficient (Wildman–Crippen LogP) is -1.84. The zero-order valence-electron chi connectivity index (χ0n) is 17.5. The van der Waals surface area contributed by atoms with Crippen molar-refractivity contribution in [3.05, 3.63) is 0 Å². The van der Waals surface area contributed by atoms with Crippen molar-refractivity contribution >= 4 is 29.7 Å². The molecule has 0 saturated carbocycles. The fourth-order valence-corrected chi connectivity index (χ4v) is 2.45. The number of nitrogens with one attached hydrogen (secondary N) is 3. The van der Waals surface area contributed by atoms with Crippen molar-refractivity contribution in [3.63, 3.8) is 0 Å². The molecule has 12 nitrogen and oxygen atoms in total. The van der Waals surface area contributed by atoms with Gasteiger partial charge in [0.15, 0.2) is 0 Å². The summed E-state index contributed by atoms with van der Waals surface area (Å²) in [6.07, 6.45) is -1.78. The van der Waals surface area contributed by atoms with E-state index in [0.29, 0.717) is 6.42 Å². The Bertz CT molecular complexity index is 638. The topological polar surface area (TPSA) is 208 Å². The fraction of sp³-hybridized carbons (Fsp3) is 0.722. The van der Waals surface area contributed by atoms with E-state index in [9.17, 15) is 29.1 Å². The molecule has 0 spiro atoms. The van der Waals surface area contributed by atoms with E-state index in [1.165, 1.54) is 13.8 Å². The first-order valence-corrected chi connectivity index (χ1v) is 9.55. The quantitative estimate of drug-likeness (QED) is 0.174. The normalized spacial score (nSPS) is 16.0. The van der Waals surface area contributed by atoms with Crippen LogP contribution in [0.1, 0.15) is 47.0 Å². The largest absolute Gasteiger partial charge is 0.481 e. The molecule has 0 bridgehead atoms. The van der Waals surface area contributed by atoms with Crippen LogP contribution in [-0.2, 0) is 24.0 Å². The highest BCUT2D eigenvalue weighted by Gasteiger charge is 2.32. The number of carboxylic acids is 2. The number of amides is 3. The Balaban J connectivity index is 5.33. The van der Waals surface area contributed by atoms with Crippen molar-refractivity contribution in [2.75, 3.05) is 0 Å². The molecule has 5 atom stereocenters. The number of hydrogen-bond acceptors (Lipinski definition) is 7. The van der Waals surface area contributed by atoms with E-state index in [2.05, 4.69) is 16.0 Å². The van der Waals surface area contributed by atoms with E-state index in [1.807, 2.05) is 13.8 Å². The molecule has 12 heteroatoms. The van der Waals surface area contributed by atoms with Crippen molar-refractivity contribution in [1.82, 2.24) is 16.0 Å². The van der Waals surface area contributed by atoms with Crippen molar-refractivity contribution < 1.29 is 39.3 Å². The summed E-state index contributed by atoms with van der Waals surface area (Å²) in [5.41, 5.74) is 5.78. The Morgan fingerprint density at radius 2 is 1.43 bits per heavy atom. The average Bonchev–Trinajstić information content (AvgIpc) is 2.61. The highest BCUT2D eigenvalue weighted by molar-refractivity contribution is 5.94. The van der Waals surface area contributed by atoms with E-state index >= 15 is 0 Å². The third kappa shape index (κ3) is 10.2. The zero-order valence-corrected chi connectivity index (χ0v) is 17.5. The summed E-state index contributed by atoms with van der Waals surface area (Å²) in [4.78, 5) is 58.9. The predicted molar refractivity (Wildman–Crippen MR) is 105 cm³/mol. The molecule has 0 heterocycles. The molecule has 0 aliphatic carbocycles. The van der Waals surface area contributed by atoms with Gasteiger partial charge in [0.05, 0.1) is 12.1 Å². The lowest BCUT2D eigenvalue weighted by Gasteiger charge is -2.26. The summed E-state index contributed by atoms with van der Waals surface area (Å²) < 4.78 is 0. The monoisotopic (exact) mass is 432 g/mol. The second-order valence-electron chi connectivity index (χ2n) is 7.53. The SMILES string of the molecule is CC(C)CC(N)C(=O)NC(CCC(=O)O)C(=O)NC(C(=O)NC(C)C(=O)O)C(C)O. The maximum absolute atomic E-state index is 12.6. The van der Waals surface area contributed by atoms with Crippen LogP contribution in [0.25, 0.3) is 0 Å². The van der Waals surface area contributed by atoms with Gasteiger partial charge in [-0.2, -0.15) is 0 Å². The van der Waals surface area contributed by atoms with Crippen LogP contribution in [0.4, 0.5) is 0 Å². The first-order chi connectivity index (χ1) is 13.8. The van der Waals surface area contributed by atoms with Crippen molar-refractivity contribution in [1.29, 1.82) is 0 Å². The highest BCUT2D eigenvalue weighted by atomic mass is 16.4. The molecule has 0 rings (SSSR count). The molecule has 30 heavy (non-hydrogen) atoms. The number of carboxylic acid groups (broad SMARTS) is 2. The van der Waals surface area contributed by atoms with E-state index < -0.39 is 66.4 Å². The molecule has 5 unspecified atom stereocenters. The smallest absolute Gasteiger partial charge is 0.325 e. The molecule has 0 aliphatic rings. The van der Waals surface area contributed by atoms with Gasteiger partial charge in [-0.25, -0.2) is 0 Å². The van der Waals surface area contributed by atoms with Gasteiger partial charge in [-0.05, 0) is 32.6 Å². The van der Waals surface area contributed by atoms with Gasteiger partial charge >= 0.3 is 11.9 Å². The number of carbonyl (C=O) groups is 5. The lowest BCUT2D eigenvalue weighted by Crippen LogP contribution is -2.59. The summed E-state index contributed by atoms with van der Waals surface area (Å²) in [5.74, 6) is -4.93. The van der Waals surface area contributed by atoms with Gasteiger partial charge in [0.2, 0.25) is 17.7 Å². The second-order valence-corrected chi connectivity index (χ2v) is 7.53. The molecule has 172 valence electrons. The summed E-state index contributed by atoms with van der Waals surface area (Å²) in [6, 6.07) is -5.03. The van der Waals surface area contributed by atoms with Gasteiger partial charge < -0.3 is 37.0 Å².